The minimum Gasteiger partial charge on any atom is -0.391 e. The van der Waals surface area contributed by atoms with Gasteiger partial charge in [0.1, 0.15) is 0 Å². The molecule has 0 saturated heterocycles. The predicted molar refractivity (Wildman–Crippen MR) is 58.0 cm³/mol. The van der Waals surface area contributed by atoms with Crippen LogP contribution in [0.5, 0.6) is 0 Å². The third-order valence-electron chi connectivity index (χ3n) is 2.15. The Hall–Kier alpha value is -0.810. The van der Waals surface area contributed by atoms with Crippen molar-refractivity contribution < 1.29 is 5.11 Å². The molecule has 5 heteroatoms. The molecule has 2 atom stereocenters. The molecule has 0 fully saturated rings. The van der Waals surface area contributed by atoms with E-state index in [1.807, 2.05) is 13.8 Å². The van der Waals surface area contributed by atoms with Crippen molar-refractivity contribution in [2.75, 3.05) is 6.54 Å². The van der Waals surface area contributed by atoms with Crippen molar-refractivity contribution in [1.29, 1.82) is 5.41 Å². The van der Waals surface area contributed by atoms with Gasteiger partial charge in [-0.15, -0.1) is 0 Å². The second-order valence-electron chi connectivity index (χ2n) is 3.88. The molecule has 14 heavy (non-hydrogen) atoms. The van der Waals surface area contributed by atoms with E-state index in [-0.39, 0.29) is 17.9 Å². The van der Waals surface area contributed by atoms with E-state index in [9.17, 15) is 5.11 Å². The molecule has 0 aliphatic rings. The van der Waals surface area contributed by atoms with E-state index in [0.29, 0.717) is 6.54 Å². The highest BCUT2D eigenvalue weighted by Gasteiger charge is 2.17. The first kappa shape index (κ1) is 13.2. The summed E-state index contributed by atoms with van der Waals surface area (Å²) in [6, 6.07) is -0.191. The van der Waals surface area contributed by atoms with E-state index in [1.54, 1.807) is 0 Å². The summed E-state index contributed by atoms with van der Waals surface area (Å²) in [5, 5.41) is 19.2. The Morgan fingerprint density at radius 1 is 1.50 bits per heavy atom. The van der Waals surface area contributed by atoms with Crippen LogP contribution < -0.4 is 16.8 Å². The van der Waals surface area contributed by atoms with Crippen LogP contribution in [0.15, 0.2) is 0 Å². The van der Waals surface area contributed by atoms with Crippen LogP contribution in [0.1, 0.15) is 26.7 Å². The van der Waals surface area contributed by atoms with Crippen LogP contribution in [0.3, 0.4) is 0 Å². The number of nitrogens with one attached hydrogen (secondary N) is 2. The van der Waals surface area contributed by atoms with Gasteiger partial charge in [0, 0.05) is 12.6 Å². The molecular weight excluding hydrogens is 180 g/mol. The summed E-state index contributed by atoms with van der Waals surface area (Å²) in [6.07, 6.45) is 1.09. The van der Waals surface area contributed by atoms with Gasteiger partial charge in [-0.3, -0.25) is 5.41 Å². The van der Waals surface area contributed by atoms with Crippen molar-refractivity contribution in [2.24, 2.45) is 17.4 Å². The summed E-state index contributed by atoms with van der Waals surface area (Å²) in [7, 11) is 0. The van der Waals surface area contributed by atoms with E-state index in [4.69, 9.17) is 16.9 Å². The topological polar surface area (TPSA) is 108 Å². The Kier molecular flexibility index (Phi) is 6.23. The highest BCUT2D eigenvalue weighted by molar-refractivity contribution is 5.74. The van der Waals surface area contributed by atoms with Gasteiger partial charge in [0.25, 0.3) is 0 Å². The molecule has 0 amide bonds. The summed E-state index contributed by atoms with van der Waals surface area (Å²) in [5.41, 5.74) is 10.9. The molecule has 0 aromatic rings. The lowest BCUT2D eigenvalue weighted by molar-refractivity contribution is 0.0940. The molecule has 0 bridgehead atoms. The maximum atomic E-state index is 9.59. The quantitative estimate of drug-likeness (QED) is 0.229. The highest BCUT2D eigenvalue weighted by atomic mass is 16.3. The van der Waals surface area contributed by atoms with E-state index in [2.05, 4.69) is 5.32 Å². The fourth-order valence-electron chi connectivity index (χ4n) is 1.23. The maximum absolute atomic E-state index is 9.59. The van der Waals surface area contributed by atoms with Gasteiger partial charge < -0.3 is 21.9 Å². The molecule has 0 aromatic heterocycles. The van der Waals surface area contributed by atoms with Crippen molar-refractivity contribution in [1.82, 2.24) is 5.32 Å². The van der Waals surface area contributed by atoms with Gasteiger partial charge in [0.05, 0.1) is 6.10 Å². The van der Waals surface area contributed by atoms with Crippen LogP contribution in [0.4, 0.5) is 0 Å². The van der Waals surface area contributed by atoms with Gasteiger partial charge in [-0.25, -0.2) is 0 Å². The summed E-state index contributed by atoms with van der Waals surface area (Å²) < 4.78 is 0. The second-order valence-corrected chi connectivity index (χ2v) is 3.88. The van der Waals surface area contributed by atoms with Gasteiger partial charge in [-0.1, -0.05) is 13.8 Å². The zero-order valence-electron chi connectivity index (χ0n) is 8.96. The SMILES string of the molecule is CC(C)C(O)[C@@H](N)CCCNC(=N)N. The molecule has 0 aliphatic carbocycles. The molecule has 0 spiro atoms. The number of guanidine groups is 1. The van der Waals surface area contributed by atoms with Crippen molar-refractivity contribution in [3.8, 4) is 0 Å². The minimum absolute atomic E-state index is 0.0250. The maximum Gasteiger partial charge on any atom is 0.185 e. The number of nitrogens with two attached hydrogens (primary N) is 2. The summed E-state index contributed by atoms with van der Waals surface area (Å²) in [4.78, 5) is 0. The number of rotatable bonds is 6. The first-order valence-corrected chi connectivity index (χ1v) is 4.96. The van der Waals surface area contributed by atoms with Crippen LogP contribution in [0, 0.1) is 11.3 Å². The number of hydrogen-bond acceptors (Lipinski definition) is 3. The van der Waals surface area contributed by atoms with Gasteiger partial charge in [0.15, 0.2) is 5.96 Å². The first-order valence-electron chi connectivity index (χ1n) is 4.96. The largest absolute Gasteiger partial charge is 0.391 e. The Labute approximate surface area is 85.4 Å². The van der Waals surface area contributed by atoms with Gasteiger partial charge >= 0.3 is 0 Å². The zero-order valence-corrected chi connectivity index (χ0v) is 8.96. The van der Waals surface area contributed by atoms with E-state index >= 15 is 0 Å². The average Bonchev–Trinajstić information content (AvgIpc) is 2.10. The lowest BCUT2D eigenvalue weighted by Gasteiger charge is -2.21. The Morgan fingerprint density at radius 3 is 2.50 bits per heavy atom. The lowest BCUT2D eigenvalue weighted by atomic mass is 9.97. The third kappa shape index (κ3) is 5.77. The van der Waals surface area contributed by atoms with Crippen molar-refractivity contribution in [3.05, 3.63) is 0 Å². The Balaban J connectivity index is 3.53. The Morgan fingerprint density at radius 2 is 2.07 bits per heavy atom. The second kappa shape index (κ2) is 6.62. The Bertz CT molecular complexity index is 172. The third-order valence-corrected chi connectivity index (χ3v) is 2.15. The molecule has 0 heterocycles. The predicted octanol–water partition coefficient (Wildman–Crippen LogP) is -0.406. The zero-order chi connectivity index (χ0) is 11.1. The van der Waals surface area contributed by atoms with Crippen LogP contribution in [0.2, 0.25) is 0 Å². The fourth-order valence-corrected chi connectivity index (χ4v) is 1.23. The molecule has 84 valence electrons. The number of hydrogen-bond donors (Lipinski definition) is 5. The van der Waals surface area contributed by atoms with Gasteiger partial charge in [-0.05, 0) is 18.8 Å². The van der Waals surface area contributed by atoms with Crippen molar-refractivity contribution >= 4 is 5.96 Å². The smallest absolute Gasteiger partial charge is 0.185 e. The lowest BCUT2D eigenvalue weighted by Crippen LogP contribution is -2.39. The molecular formula is C9H22N4O. The normalized spacial score (nSPS) is 15.2. The number of aliphatic hydroxyl groups is 1. The molecule has 0 aliphatic heterocycles. The highest BCUT2D eigenvalue weighted by Crippen LogP contribution is 2.08. The summed E-state index contributed by atoms with van der Waals surface area (Å²) >= 11 is 0. The van der Waals surface area contributed by atoms with Gasteiger partial charge in [0.2, 0.25) is 0 Å². The molecule has 7 N–H and O–H groups in total. The minimum atomic E-state index is -0.452. The summed E-state index contributed by atoms with van der Waals surface area (Å²) in [5.74, 6) is 0.161. The molecule has 0 rings (SSSR count). The molecule has 5 nitrogen and oxygen atoms in total. The molecule has 0 saturated carbocycles. The van der Waals surface area contributed by atoms with Crippen LogP contribution in [-0.4, -0.2) is 29.8 Å². The molecule has 0 aromatic carbocycles. The van der Waals surface area contributed by atoms with Crippen LogP contribution >= 0.6 is 0 Å². The fraction of sp³-hybridized carbons (Fsp3) is 0.889. The van der Waals surface area contributed by atoms with Crippen molar-refractivity contribution in [2.45, 2.75) is 38.8 Å². The monoisotopic (exact) mass is 202 g/mol. The van der Waals surface area contributed by atoms with Crippen LogP contribution in [-0.2, 0) is 0 Å². The van der Waals surface area contributed by atoms with Crippen LogP contribution in [0.25, 0.3) is 0 Å². The first-order chi connectivity index (χ1) is 6.45. The van der Waals surface area contributed by atoms with Gasteiger partial charge in [-0.2, -0.15) is 0 Å². The summed E-state index contributed by atoms with van der Waals surface area (Å²) in [6.45, 7) is 4.52. The van der Waals surface area contributed by atoms with E-state index in [0.717, 1.165) is 12.8 Å². The average molecular weight is 202 g/mol. The number of aliphatic hydroxyl groups excluding tert-OH is 1. The standard InChI is InChI=1S/C9H22N4O/c1-6(2)8(14)7(10)4-3-5-13-9(11)12/h6-8,14H,3-5,10H2,1-2H3,(H4,11,12,13)/t7-,8?/m0/s1. The van der Waals surface area contributed by atoms with E-state index < -0.39 is 6.10 Å². The molecule has 1 unspecified atom stereocenters. The van der Waals surface area contributed by atoms with E-state index in [1.165, 1.54) is 0 Å². The van der Waals surface area contributed by atoms with Crippen molar-refractivity contribution in [3.63, 3.8) is 0 Å². The molecule has 0 radical (unpaired) electrons.